The number of hydrogen-bond acceptors (Lipinski definition) is 3. The van der Waals surface area contributed by atoms with Crippen molar-refractivity contribution in [1.82, 2.24) is 14.7 Å². The van der Waals surface area contributed by atoms with E-state index in [2.05, 4.69) is 31.0 Å². The smallest absolute Gasteiger partial charge is 0.157 e. The summed E-state index contributed by atoms with van der Waals surface area (Å²) in [6.07, 6.45) is 11.2. The number of nitrogens with zero attached hydrogens (tertiary/aromatic N) is 3. The Hall–Kier alpha value is -1.16. The van der Waals surface area contributed by atoms with E-state index >= 15 is 0 Å². The molecule has 1 aliphatic rings. The Morgan fingerprint density at radius 2 is 1.95 bits per heavy atom. The van der Waals surface area contributed by atoms with E-state index in [1.54, 1.807) is 0 Å². The van der Waals surface area contributed by atoms with Gasteiger partial charge >= 0.3 is 0 Å². The first-order chi connectivity index (χ1) is 9.58. The highest BCUT2D eigenvalue weighted by Gasteiger charge is 2.39. The topological polar surface area (TPSA) is 38.1 Å². The maximum atomic E-state index is 12.9. The Morgan fingerprint density at radius 1 is 1.30 bits per heavy atom. The first kappa shape index (κ1) is 15.2. The second-order valence-electron chi connectivity index (χ2n) is 6.14. The van der Waals surface area contributed by atoms with Gasteiger partial charge < -0.3 is 0 Å². The molecule has 4 heteroatoms. The van der Waals surface area contributed by atoms with Gasteiger partial charge in [0.1, 0.15) is 0 Å². The number of aromatic nitrogens is 2. The van der Waals surface area contributed by atoms with Gasteiger partial charge in [-0.25, -0.2) is 0 Å². The number of likely N-dealkylation sites (N-methyl/N-ethyl adjacent to an activating group) is 1. The molecule has 1 saturated carbocycles. The molecule has 2 rings (SSSR count). The van der Waals surface area contributed by atoms with Gasteiger partial charge in [-0.15, -0.1) is 0 Å². The molecule has 0 aromatic carbocycles. The van der Waals surface area contributed by atoms with Crippen LogP contribution in [0.15, 0.2) is 12.4 Å². The molecule has 1 aromatic rings. The number of ketones is 1. The highest BCUT2D eigenvalue weighted by Crippen LogP contribution is 2.32. The van der Waals surface area contributed by atoms with E-state index in [9.17, 15) is 4.79 Å². The number of Topliss-reactive ketones (excluding diaryl/α,β-unsaturated/α-hetero) is 1. The molecule has 0 saturated heterocycles. The van der Waals surface area contributed by atoms with E-state index in [4.69, 9.17) is 0 Å². The molecule has 0 N–H and O–H groups in total. The lowest BCUT2D eigenvalue weighted by atomic mass is 9.82. The molecule has 1 aromatic heterocycles. The number of carbonyl (C=O) groups is 1. The van der Waals surface area contributed by atoms with Crippen molar-refractivity contribution < 1.29 is 4.79 Å². The van der Waals surface area contributed by atoms with E-state index in [1.807, 2.05) is 17.1 Å². The fourth-order valence-corrected chi connectivity index (χ4v) is 3.31. The second kappa shape index (κ2) is 6.53. The number of aryl methyl sites for hydroxylation is 1. The Kier molecular flexibility index (Phi) is 4.97. The van der Waals surface area contributed by atoms with Crippen molar-refractivity contribution in [2.75, 3.05) is 14.1 Å². The zero-order valence-corrected chi connectivity index (χ0v) is 13.1. The average molecular weight is 277 g/mol. The summed E-state index contributed by atoms with van der Waals surface area (Å²) in [6.45, 7) is 2.91. The van der Waals surface area contributed by atoms with Crippen LogP contribution < -0.4 is 0 Å². The minimum atomic E-state index is -0.259. The highest BCUT2D eigenvalue weighted by molar-refractivity contribution is 5.90. The van der Waals surface area contributed by atoms with Crippen LogP contribution in [0.4, 0.5) is 0 Å². The maximum absolute atomic E-state index is 12.9. The predicted molar refractivity (Wildman–Crippen MR) is 80.7 cm³/mol. The zero-order chi connectivity index (χ0) is 14.6. The molecule has 0 unspecified atom stereocenters. The van der Waals surface area contributed by atoms with Crippen molar-refractivity contribution in [1.29, 1.82) is 0 Å². The largest absolute Gasteiger partial charge is 0.297 e. The van der Waals surface area contributed by atoms with Crippen LogP contribution in [0.1, 0.15) is 51.0 Å². The van der Waals surface area contributed by atoms with Gasteiger partial charge in [-0.1, -0.05) is 25.7 Å². The standard InChI is InChI=1S/C16H27N3O/c1-4-19-13-14(12-17-19)11-15(20)16(18(2)3)9-7-5-6-8-10-16/h12-13H,4-11H2,1-3H3. The lowest BCUT2D eigenvalue weighted by Gasteiger charge is -2.38. The summed E-state index contributed by atoms with van der Waals surface area (Å²) in [5.74, 6) is 0.361. The van der Waals surface area contributed by atoms with E-state index in [0.717, 1.165) is 37.8 Å². The van der Waals surface area contributed by atoms with Gasteiger partial charge in [0.2, 0.25) is 0 Å². The number of hydrogen-bond donors (Lipinski definition) is 0. The van der Waals surface area contributed by atoms with Gasteiger partial charge in [0.15, 0.2) is 5.78 Å². The molecule has 0 radical (unpaired) electrons. The van der Waals surface area contributed by atoms with Crippen LogP contribution in [-0.4, -0.2) is 40.1 Å². The first-order valence-electron chi connectivity index (χ1n) is 7.80. The van der Waals surface area contributed by atoms with Crippen LogP contribution in [0.2, 0.25) is 0 Å². The average Bonchev–Trinajstić information content (AvgIpc) is 2.73. The molecule has 1 fully saturated rings. The number of carbonyl (C=O) groups excluding carboxylic acids is 1. The fraction of sp³-hybridized carbons (Fsp3) is 0.750. The quantitative estimate of drug-likeness (QED) is 0.777. The monoisotopic (exact) mass is 277 g/mol. The predicted octanol–water partition coefficient (Wildman–Crippen LogP) is 2.67. The molecule has 1 heterocycles. The third-order valence-electron chi connectivity index (χ3n) is 4.68. The Bertz CT molecular complexity index is 442. The Labute approximate surface area is 122 Å². The summed E-state index contributed by atoms with van der Waals surface area (Å²) >= 11 is 0. The molecule has 0 aliphatic heterocycles. The van der Waals surface area contributed by atoms with Crippen LogP contribution >= 0.6 is 0 Å². The van der Waals surface area contributed by atoms with E-state index in [0.29, 0.717) is 12.2 Å². The van der Waals surface area contributed by atoms with Crippen LogP contribution in [0.3, 0.4) is 0 Å². The molecule has 112 valence electrons. The van der Waals surface area contributed by atoms with Crippen LogP contribution in [0, 0.1) is 0 Å². The molecular formula is C16H27N3O. The van der Waals surface area contributed by atoms with E-state index in [-0.39, 0.29) is 5.54 Å². The van der Waals surface area contributed by atoms with Crippen molar-refractivity contribution in [3.63, 3.8) is 0 Å². The Morgan fingerprint density at radius 3 is 2.45 bits per heavy atom. The summed E-state index contributed by atoms with van der Waals surface area (Å²) in [5.41, 5.74) is 0.785. The minimum Gasteiger partial charge on any atom is -0.297 e. The van der Waals surface area contributed by atoms with Crippen LogP contribution in [0.5, 0.6) is 0 Å². The molecular weight excluding hydrogens is 250 g/mol. The molecule has 4 nitrogen and oxygen atoms in total. The Balaban J connectivity index is 2.14. The molecule has 0 spiro atoms. The van der Waals surface area contributed by atoms with Gasteiger partial charge in [0.05, 0.1) is 11.7 Å². The van der Waals surface area contributed by atoms with E-state index in [1.165, 1.54) is 12.8 Å². The first-order valence-corrected chi connectivity index (χ1v) is 7.80. The number of rotatable bonds is 5. The van der Waals surface area contributed by atoms with Crippen molar-refractivity contribution in [3.05, 3.63) is 18.0 Å². The molecule has 20 heavy (non-hydrogen) atoms. The summed E-state index contributed by atoms with van der Waals surface area (Å²) < 4.78 is 1.89. The summed E-state index contributed by atoms with van der Waals surface area (Å²) in [7, 11) is 4.11. The SMILES string of the molecule is CCn1cc(CC(=O)C2(N(C)C)CCCCCC2)cn1. The van der Waals surface area contributed by atoms with Gasteiger partial charge in [-0.2, -0.15) is 5.10 Å². The van der Waals surface area contributed by atoms with Gasteiger partial charge in [-0.05, 0) is 39.4 Å². The summed E-state index contributed by atoms with van der Waals surface area (Å²) in [4.78, 5) is 15.1. The third-order valence-corrected chi connectivity index (χ3v) is 4.68. The summed E-state index contributed by atoms with van der Waals surface area (Å²) in [6, 6.07) is 0. The van der Waals surface area contributed by atoms with Gasteiger partial charge in [0, 0.05) is 19.2 Å². The second-order valence-corrected chi connectivity index (χ2v) is 6.14. The molecule has 0 amide bonds. The van der Waals surface area contributed by atoms with Crippen molar-refractivity contribution >= 4 is 5.78 Å². The van der Waals surface area contributed by atoms with Crippen molar-refractivity contribution in [2.45, 2.75) is 64.0 Å². The lowest BCUT2D eigenvalue weighted by Crippen LogP contribution is -2.51. The highest BCUT2D eigenvalue weighted by atomic mass is 16.1. The normalized spacial score (nSPS) is 19.0. The lowest BCUT2D eigenvalue weighted by molar-refractivity contribution is -0.130. The summed E-state index contributed by atoms with van der Waals surface area (Å²) in [5, 5.41) is 4.27. The van der Waals surface area contributed by atoms with Crippen LogP contribution in [-0.2, 0) is 17.8 Å². The van der Waals surface area contributed by atoms with Crippen molar-refractivity contribution in [3.8, 4) is 0 Å². The maximum Gasteiger partial charge on any atom is 0.157 e. The minimum absolute atomic E-state index is 0.259. The van der Waals surface area contributed by atoms with E-state index < -0.39 is 0 Å². The zero-order valence-electron chi connectivity index (χ0n) is 13.1. The molecule has 0 atom stereocenters. The molecule has 0 bridgehead atoms. The van der Waals surface area contributed by atoms with Crippen LogP contribution in [0.25, 0.3) is 0 Å². The van der Waals surface area contributed by atoms with Gasteiger partial charge in [-0.3, -0.25) is 14.4 Å². The van der Waals surface area contributed by atoms with Gasteiger partial charge in [0.25, 0.3) is 0 Å². The van der Waals surface area contributed by atoms with Crippen molar-refractivity contribution in [2.24, 2.45) is 0 Å². The third kappa shape index (κ3) is 3.11. The fourth-order valence-electron chi connectivity index (χ4n) is 3.31. The molecule has 1 aliphatic carbocycles.